The summed E-state index contributed by atoms with van der Waals surface area (Å²) in [5.74, 6) is 0.239. The molecule has 0 unspecified atom stereocenters. The van der Waals surface area contributed by atoms with Gasteiger partial charge in [0, 0.05) is 41.1 Å². The Morgan fingerprint density at radius 3 is 2.32 bits per heavy atom. The van der Waals surface area contributed by atoms with Crippen LogP contribution in [0.5, 0.6) is 11.5 Å². The molecule has 1 atom stereocenters. The van der Waals surface area contributed by atoms with Gasteiger partial charge in [0.1, 0.15) is 24.7 Å². The molecule has 1 saturated heterocycles. The summed E-state index contributed by atoms with van der Waals surface area (Å²) >= 11 is 6.01. The van der Waals surface area contributed by atoms with Crippen LogP contribution in [0.3, 0.4) is 0 Å². The highest BCUT2D eigenvalue weighted by Gasteiger charge is 2.36. The maximum absolute atomic E-state index is 12.6. The van der Waals surface area contributed by atoms with E-state index in [1.54, 1.807) is 24.5 Å². The molecule has 1 aliphatic rings. The fraction of sp³-hybridized carbons (Fsp3) is 0.469. The first kappa shape index (κ1) is 30.6. The largest absolute Gasteiger partial charge is 0.490 e. The number of ether oxygens (including phenoxy) is 3. The lowest BCUT2D eigenvalue weighted by atomic mass is 9.82. The lowest BCUT2D eigenvalue weighted by molar-refractivity contribution is -0.160. The van der Waals surface area contributed by atoms with Crippen LogP contribution >= 0.6 is 11.6 Å². The van der Waals surface area contributed by atoms with Gasteiger partial charge in [0.25, 0.3) is 0 Å². The number of rotatable bonds is 10. The van der Waals surface area contributed by atoms with Crippen LogP contribution < -0.4 is 14.4 Å². The van der Waals surface area contributed by atoms with E-state index in [0.29, 0.717) is 46.7 Å². The van der Waals surface area contributed by atoms with Crippen LogP contribution in [0.1, 0.15) is 64.8 Å². The number of nitrogens with zero attached hydrogens (tertiary/aromatic N) is 3. The van der Waals surface area contributed by atoms with Gasteiger partial charge in [-0.3, -0.25) is 9.97 Å². The van der Waals surface area contributed by atoms with Crippen molar-refractivity contribution in [3.63, 3.8) is 0 Å². The summed E-state index contributed by atoms with van der Waals surface area (Å²) < 4.78 is 17.7. The summed E-state index contributed by atoms with van der Waals surface area (Å²) in [6, 6.07) is 10.9. The van der Waals surface area contributed by atoms with E-state index in [1.165, 1.54) is 0 Å². The molecule has 0 saturated carbocycles. The molecule has 3 aromatic rings. The van der Waals surface area contributed by atoms with Gasteiger partial charge in [-0.15, -0.1) is 0 Å². The molecule has 0 bridgehead atoms. The fourth-order valence-corrected chi connectivity index (χ4v) is 5.05. The molecule has 8 nitrogen and oxygen atoms in total. The van der Waals surface area contributed by atoms with E-state index in [2.05, 4.69) is 23.7 Å². The van der Waals surface area contributed by atoms with Crippen LogP contribution in [0.25, 0.3) is 11.3 Å². The van der Waals surface area contributed by atoms with Gasteiger partial charge in [-0.05, 0) is 76.3 Å². The van der Waals surface area contributed by atoms with Crippen LogP contribution in [-0.4, -0.2) is 52.9 Å². The number of pyridine rings is 2. The number of aromatic nitrogens is 2. The van der Waals surface area contributed by atoms with Crippen LogP contribution in [0.2, 0.25) is 5.02 Å². The Hall–Kier alpha value is -3.36. The molecule has 4 rings (SSSR count). The standard InChI is InChI=1S/C32H40ClN3O5/c1-21-27(29(30(37)38)41-31(2,3)4)28(36-14-12-32(5,6)13-15-36)25(20-34-21)26-11-10-24(19-35-26)40-17-16-39-23-9-7-8-22(33)18-23/h7-11,18-20,29H,12-17H2,1-6H3,(H,37,38)/t29-/m0/s1. The molecule has 0 spiro atoms. The molecule has 1 fully saturated rings. The maximum atomic E-state index is 12.6. The summed E-state index contributed by atoms with van der Waals surface area (Å²) in [6.45, 7) is 14.2. The van der Waals surface area contributed by atoms with Crippen molar-refractivity contribution in [2.45, 2.75) is 66.1 Å². The predicted molar refractivity (Wildman–Crippen MR) is 161 cm³/mol. The summed E-state index contributed by atoms with van der Waals surface area (Å²) in [4.78, 5) is 24.2. The zero-order valence-electron chi connectivity index (χ0n) is 24.7. The van der Waals surface area contributed by atoms with Crippen molar-refractivity contribution in [1.29, 1.82) is 0 Å². The number of carbonyl (C=O) groups is 1. The van der Waals surface area contributed by atoms with E-state index < -0.39 is 17.7 Å². The second-order valence-electron chi connectivity index (χ2n) is 12.2. The molecule has 9 heteroatoms. The molecule has 2 aromatic heterocycles. The van der Waals surface area contributed by atoms with Crippen LogP contribution in [0.15, 0.2) is 48.8 Å². The molecule has 0 aliphatic carbocycles. The molecule has 1 aromatic carbocycles. The number of carboxylic acids is 1. The van der Waals surface area contributed by atoms with Crippen molar-refractivity contribution >= 4 is 23.3 Å². The molecule has 3 heterocycles. The molecule has 0 amide bonds. The van der Waals surface area contributed by atoms with E-state index in [9.17, 15) is 9.90 Å². The average Bonchev–Trinajstić information content (AvgIpc) is 2.90. The highest BCUT2D eigenvalue weighted by molar-refractivity contribution is 6.30. The fourth-order valence-electron chi connectivity index (χ4n) is 4.87. The van der Waals surface area contributed by atoms with Crippen molar-refractivity contribution in [2.24, 2.45) is 5.41 Å². The third-order valence-electron chi connectivity index (χ3n) is 7.11. The minimum atomic E-state index is -1.17. The first-order valence-electron chi connectivity index (χ1n) is 14.0. The number of halogens is 1. The highest BCUT2D eigenvalue weighted by Crippen LogP contribution is 2.43. The van der Waals surface area contributed by atoms with Gasteiger partial charge in [-0.1, -0.05) is 31.5 Å². The number of carboxylic acid groups (broad SMARTS) is 1. The topological polar surface area (TPSA) is 94.0 Å². The molecular weight excluding hydrogens is 542 g/mol. The summed E-state index contributed by atoms with van der Waals surface area (Å²) in [5, 5.41) is 10.9. The third-order valence-corrected chi connectivity index (χ3v) is 7.34. The second kappa shape index (κ2) is 12.7. The van der Waals surface area contributed by atoms with E-state index >= 15 is 0 Å². The zero-order chi connectivity index (χ0) is 29.8. The summed E-state index contributed by atoms with van der Waals surface area (Å²) in [6.07, 6.45) is 4.25. The van der Waals surface area contributed by atoms with Crippen molar-refractivity contribution in [3.8, 4) is 22.8 Å². The number of anilines is 1. The van der Waals surface area contributed by atoms with Gasteiger partial charge < -0.3 is 24.2 Å². The van der Waals surface area contributed by atoms with E-state index in [-0.39, 0.29) is 5.41 Å². The molecule has 1 N–H and O–H groups in total. The number of hydrogen-bond donors (Lipinski definition) is 1. The van der Waals surface area contributed by atoms with E-state index in [1.807, 2.05) is 52.0 Å². The van der Waals surface area contributed by atoms with Crippen LogP contribution in [0, 0.1) is 12.3 Å². The Labute approximate surface area is 247 Å². The minimum absolute atomic E-state index is 0.223. The number of piperidine rings is 1. The number of aliphatic carboxylic acids is 1. The zero-order valence-corrected chi connectivity index (χ0v) is 25.5. The predicted octanol–water partition coefficient (Wildman–Crippen LogP) is 7.13. The van der Waals surface area contributed by atoms with Gasteiger partial charge in [-0.25, -0.2) is 4.79 Å². The third kappa shape index (κ3) is 8.11. The highest BCUT2D eigenvalue weighted by atomic mass is 35.5. The van der Waals surface area contributed by atoms with E-state index in [0.717, 1.165) is 37.2 Å². The average molecular weight is 582 g/mol. The quantitative estimate of drug-likeness (QED) is 0.253. The molecule has 0 radical (unpaired) electrons. The Bertz CT molecular complexity index is 1340. The van der Waals surface area contributed by atoms with Crippen LogP contribution in [-0.2, 0) is 9.53 Å². The second-order valence-corrected chi connectivity index (χ2v) is 12.6. The summed E-state index contributed by atoms with van der Waals surface area (Å²) in [5.41, 5.74) is 3.03. The smallest absolute Gasteiger partial charge is 0.337 e. The number of aryl methyl sites for hydroxylation is 1. The van der Waals surface area contributed by atoms with Gasteiger partial charge in [0.2, 0.25) is 0 Å². The molecule has 1 aliphatic heterocycles. The Balaban J connectivity index is 1.62. The summed E-state index contributed by atoms with van der Waals surface area (Å²) in [7, 11) is 0. The van der Waals surface area contributed by atoms with Crippen molar-refractivity contribution in [1.82, 2.24) is 9.97 Å². The number of hydrogen-bond acceptors (Lipinski definition) is 7. The molecular formula is C32H40ClN3O5. The van der Waals surface area contributed by atoms with Crippen molar-refractivity contribution < 1.29 is 24.1 Å². The first-order chi connectivity index (χ1) is 19.3. The lowest BCUT2D eigenvalue weighted by Crippen LogP contribution is -2.39. The Kier molecular flexibility index (Phi) is 9.44. The number of benzene rings is 1. The lowest BCUT2D eigenvalue weighted by Gasteiger charge is -2.40. The van der Waals surface area contributed by atoms with Crippen LogP contribution in [0.4, 0.5) is 5.69 Å². The SMILES string of the molecule is Cc1ncc(-c2ccc(OCCOc3cccc(Cl)c3)cn2)c(N2CCC(C)(C)CC2)c1[C@H](OC(C)(C)C)C(=O)O. The normalized spacial score (nSPS) is 15.8. The van der Waals surface area contributed by atoms with Gasteiger partial charge in [0.05, 0.1) is 23.2 Å². The Morgan fingerprint density at radius 2 is 1.73 bits per heavy atom. The van der Waals surface area contributed by atoms with Gasteiger partial charge in [-0.2, -0.15) is 0 Å². The minimum Gasteiger partial charge on any atom is -0.490 e. The molecule has 220 valence electrons. The van der Waals surface area contributed by atoms with Gasteiger partial charge >= 0.3 is 5.97 Å². The monoisotopic (exact) mass is 581 g/mol. The van der Waals surface area contributed by atoms with Gasteiger partial charge in [0.15, 0.2) is 6.10 Å². The maximum Gasteiger partial charge on any atom is 0.337 e. The Morgan fingerprint density at radius 1 is 1.05 bits per heavy atom. The van der Waals surface area contributed by atoms with Crippen molar-refractivity contribution in [3.05, 3.63) is 65.1 Å². The van der Waals surface area contributed by atoms with Crippen molar-refractivity contribution in [2.75, 3.05) is 31.2 Å². The van der Waals surface area contributed by atoms with E-state index in [4.69, 9.17) is 30.8 Å². The molecule has 41 heavy (non-hydrogen) atoms. The first-order valence-corrected chi connectivity index (χ1v) is 14.3.